The van der Waals surface area contributed by atoms with E-state index < -0.39 is 10.0 Å². The molecule has 2 aromatic carbocycles. The number of rotatable bonds is 7. The quantitative estimate of drug-likeness (QED) is 0.665. The molecule has 2 amide bonds. The second-order valence-corrected chi connectivity index (χ2v) is 10.3. The summed E-state index contributed by atoms with van der Waals surface area (Å²) in [5.74, 6) is 0.140. The van der Waals surface area contributed by atoms with Gasteiger partial charge in [0.15, 0.2) is 6.61 Å². The maximum absolute atomic E-state index is 12.8. The molecule has 2 aliphatic heterocycles. The smallest absolute Gasteiger partial charge is 0.265 e. The summed E-state index contributed by atoms with van der Waals surface area (Å²) in [5, 5.41) is 2.83. The second kappa shape index (κ2) is 9.93. The number of carbonyl (C=O) groups excluding carboxylic acids is 2. The Morgan fingerprint density at radius 3 is 2.48 bits per heavy atom. The summed E-state index contributed by atoms with van der Waals surface area (Å²) in [7, 11) is -3.54. The Kier molecular flexibility index (Phi) is 6.99. The third-order valence-electron chi connectivity index (χ3n) is 5.96. The fourth-order valence-electron chi connectivity index (χ4n) is 4.08. The van der Waals surface area contributed by atoms with E-state index in [2.05, 4.69) is 12.2 Å². The number of unbranched alkanes of at least 4 members (excludes halogenated alkanes) is 1. The molecule has 0 aromatic heterocycles. The predicted molar refractivity (Wildman–Crippen MR) is 126 cm³/mol. The Morgan fingerprint density at radius 2 is 1.79 bits per heavy atom. The van der Waals surface area contributed by atoms with Crippen molar-refractivity contribution < 1.29 is 22.7 Å². The Morgan fingerprint density at radius 1 is 1.06 bits per heavy atom. The number of amides is 2. The number of fused-ring (bicyclic) bond motifs is 1. The number of hydrogen-bond acceptors (Lipinski definition) is 5. The molecular formula is C24H29N3O5S. The number of hydrogen-bond donors (Lipinski definition) is 1. The van der Waals surface area contributed by atoms with Crippen molar-refractivity contribution >= 4 is 33.2 Å². The Hall–Kier alpha value is -2.91. The van der Waals surface area contributed by atoms with E-state index in [4.69, 9.17) is 4.74 Å². The van der Waals surface area contributed by atoms with Gasteiger partial charge in [-0.2, -0.15) is 4.31 Å². The lowest BCUT2D eigenvalue weighted by Crippen LogP contribution is -2.39. The molecule has 2 heterocycles. The number of carbonyl (C=O) groups is 2. The molecule has 4 rings (SSSR count). The van der Waals surface area contributed by atoms with Crippen molar-refractivity contribution in [1.82, 2.24) is 4.31 Å². The molecule has 1 N–H and O–H groups in total. The molecule has 0 unspecified atom stereocenters. The number of piperidine rings is 1. The normalized spacial score (nSPS) is 16.8. The molecule has 9 heteroatoms. The first-order valence-electron chi connectivity index (χ1n) is 11.4. The van der Waals surface area contributed by atoms with E-state index in [9.17, 15) is 18.0 Å². The highest BCUT2D eigenvalue weighted by Gasteiger charge is 2.27. The number of sulfonamides is 1. The van der Waals surface area contributed by atoms with E-state index in [1.165, 1.54) is 28.6 Å². The predicted octanol–water partition coefficient (Wildman–Crippen LogP) is 3.64. The average molecular weight is 472 g/mol. The summed E-state index contributed by atoms with van der Waals surface area (Å²) in [5.41, 5.74) is 1.52. The minimum atomic E-state index is -3.54. The molecule has 1 fully saturated rings. The zero-order chi connectivity index (χ0) is 23.4. The molecule has 8 nitrogen and oxygen atoms in total. The zero-order valence-electron chi connectivity index (χ0n) is 18.7. The van der Waals surface area contributed by atoms with Gasteiger partial charge in [-0.3, -0.25) is 9.59 Å². The lowest BCUT2D eigenvalue weighted by Gasteiger charge is -2.29. The second-order valence-electron chi connectivity index (χ2n) is 8.31. The summed E-state index contributed by atoms with van der Waals surface area (Å²) in [6.45, 7) is 3.73. The summed E-state index contributed by atoms with van der Waals surface area (Å²) >= 11 is 0. The summed E-state index contributed by atoms with van der Waals surface area (Å²) in [6.07, 6.45) is 4.61. The number of nitrogens with zero attached hydrogens (tertiary/aromatic N) is 2. The Bertz CT molecular complexity index is 1130. The monoisotopic (exact) mass is 471 g/mol. The highest BCUT2D eigenvalue weighted by Crippen LogP contribution is 2.35. The minimum absolute atomic E-state index is 0.00903. The molecule has 0 saturated carbocycles. The van der Waals surface area contributed by atoms with E-state index in [1.807, 2.05) is 0 Å². The van der Waals surface area contributed by atoms with Crippen molar-refractivity contribution in [1.29, 1.82) is 0 Å². The first-order chi connectivity index (χ1) is 15.9. The largest absolute Gasteiger partial charge is 0.482 e. The van der Waals surface area contributed by atoms with Crippen molar-refractivity contribution in [3.63, 3.8) is 0 Å². The van der Waals surface area contributed by atoms with Crippen molar-refractivity contribution in [2.45, 2.75) is 43.9 Å². The fraction of sp³-hybridized carbons (Fsp3) is 0.417. The van der Waals surface area contributed by atoms with Crippen molar-refractivity contribution in [2.24, 2.45) is 0 Å². The van der Waals surface area contributed by atoms with Crippen LogP contribution in [-0.4, -0.2) is 50.8 Å². The molecule has 1 saturated heterocycles. The van der Waals surface area contributed by atoms with Gasteiger partial charge in [0.05, 0.1) is 10.6 Å². The van der Waals surface area contributed by atoms with Gasteiger partial charge in [-0.15, -0.1) is 0 Å². The highest BCUT2D eigenvalue weighted by molar-refractivity contribution is 7.89. The highest BCUT2D eigenvalue weighted by atomic mass is 32.2. The van der Waals surface area contributed by atoms with E-state index in [0.717, 1.165) is 32.1 Å². The zero-order valence-corrected chi connectivity index (χ0v) is 19.6. The molecule has 0 atom stereocenters. The molecular weight excluding hydrogens is 442 g/mol. The molecule has 0 aliphatic carbocycles. The maximum Gasteiger partial charge on any atom is 0.265 e. The standard InChI is InChI=1S/C24H29N3O5S/c1-2-3-15-27-21-16-19(9-12-22(21)32-17-23(27)28)25-24(29)18-7-10-20(11-8-18)33(30,31)26-13-5-4-6-14-26/h7-12,16H,2-6,13-15,17H2,1H3,(H,25,29). The summed E-state index contributed by atoms with van der Waals surface area (Å²) in [4.78, 5) is 27.0. The van der Waals surface area contributed by atoms with Crippen LogP contribution in [0.5, 0.6) is 5.75 Å². The minimum Gasteiger partial charge on any atom is -0.482 e. The van der Waals surface area contributed by atoms with Crippen LogP contribution in [0.15, 0.2) is 47.4 Å². The topological polar surface area (TPSA) is 96.0 Å². The van der Waals surface area contributed by atoms with Crippen LogP contribution in [0.2, 0.25) is 0 Å². The van der Waals surface area contributed by atoms with Crippen LogP contribution in [0.25, 0.3) is 0 Å². The van der Waals surface area contributed by atoms with E-state index in [0.29, 0.717) is 42.3 Å². The first-order valence-corrected chi connectivity index (χ1v) is 12.8. The van der Waals surface area contributed by atoms with Gasteiger partial charge in [-0.1, -0.05) is 19.8 Å². The van der Waals surface area contributed by atoms with Crippen molar-refractivity contribution in [3.8, 4) is 5.75 Å². The van der Waals surface area contributed by atoms with Gasteiger partial charge in [0.25, 0.3) is 11.8 Å². The molecule has 2 aliphatic rings. The van der Waals surface area contributed by atoms with Crippen LogP contribution in [0, 0.1) is 0 Å². The lowest BCUT2D eigenvalue weighted by atomic mass is 10.1. The molecule has 0 radical (unpaired) electrons. The van der Waals surface area contributed by atoms with Crippen LogP contribution >= 0.6 is 0 Å². The fourth-order valence-corrected chi connectivity index (χ4v) is 5.59. The van der Waals surface area contributed by atoms with Gasteiger partial charge >= 0.3 is 0 Å². The van der Waals surface area contributed by atoms with Gasteiger partial charge < -0.3 is 15.0 Å². The van der Waals surface area contributed by atoms with Gasteiger partial charge in [0.1, 0.15) is 5.75 Å². The molecule has 0 spiro atoms. The van der Waals surface area contributed by atoms with Gasteiger partial charge in [0, 0.05) is 30.9 Å². The van der Waals surface area contributed by atoms with Crippen LogP contribution in [0.4, 0.5) is 11.4 Å². The third kappa shape index (κ3) is 5.04. The summed E-state index contributed by atoms with van der Waals surface area (Å²) < 4.78 is 32.6. The number of benzene rings is 2. The Balaban J connectivity index is 1.48. The van der Waals surface area contributed by atoms with Gasteiger partial charge in [-0.05, 0) is 61.7 Å². The summed E-state index contributed by atoms with van der Waals surface area (Å²) in [6, 6.07) is 11.2. The molecule has 2 aromatic rings. The van der Waals surface area contributed by atoms with Gasteiger partial charge in [-0.25, -0.2) is 8.42 Å². The van der Waals surface area contributed by atoms with Crippen LogP contribution in [-0.2, 0) is 14.8 Å². The van der Waals surface area contributed by atoms with Crippen LogP contribution in [0.1, 0.15) is 49.4 Å². The number of nitrogens with one attached hydrogen (secondary N) is 1. The average Bonchev–Trinajstić information content (AvgIpc) is 2.84. The Labute approximate surface area is 194 Å². The van der Waals surface area contributed by atoms with Crippen LogP contribution < -0.4 is 15.0 Å². The van der Waals surface area contributed by atoms with Crippen molar-refractivity contribution in [3.05, 3.63) is 48.0 Å². The van der Waals surface area contributed by atoms with E-state index in [-0.39, 0.29) is 23.3 Å². The maximum atomic E-state index is 12.8. The third-order valence-corrected chi connectivity index (χ3v) is 7.88. The number of anilines is 2. The molecule has 0 bridgehead atoms. The molecule has 176 valence electrons. The van der Waals surface area contributed by atoms with Crippen molar-refractivity contribution in [2.75, 3.05) is 36.5 Å². The molecule has 33 heavy (non-hydrogen) atoms. The SMILES string of the molecule is CCCCN1C(=O)COc2ccc(NC(=O)c3ccc(S(=O)(=O)N4CCCCC4)cc3)cc21. The van der Waals surface area contributed by atoms with Gasteiger partial charge in [0.2, 0.25) is 10.0 Å². The first kappa shape index (κ1) is 23.3. The number of ether oxygens (including phenoxy) is 1. The van der Waals surface area contributed by atoms with E-state index >= 15 is 0 Å². The lowest BCUT2D eigenvalue weighted by molar-refractivity contribution is -0.121. The van der Waals surface area contributed by atoms with Crippen LogP contribution in [0.3, 0.4) is 0 Å². The van der Waals surface area contributed by atoms with E-state index in [1.54, 1.807) is 23.1 Å².